The SMILES string of the molecule is c1ccc(C2NNCC2CNCCc2ccccn2)cc1. The second-order valence-electron chi connectivity index (χ2n) is 5.45. The molecule has 21 heavy (non-hydrogen) atoms. The summed E-state index contributed by atoms with van der Waals surface area (Å²) in [5, 5.41) is 3.56. The fourth-order valence-corrected chi connectivity index (χ4v) is 2.79. The first-order valence-electron chi connectivity index (χ1n) is 7.57. The molecule has 0 aliphatic carbocycles. The summed E-state index contributed by atoms with van der Waals surface area (Å²) in [5.41, 5.74) is 9.15. The Labute approximate surface area is 126 Å². The van der Waals surface area contributed by atoms with E-state index in [2.05, 4.69) is 57.6 Å². The number of benzene rings is 1. The lowest BCUT2D eigenvalue weighted by Crippen LogP contribution is -2.30. The van der Waals surface area contributed by atoms with Crippen molar-refractivity contribution in [3.05, 3.63) is 66.0 Å². The van der Waals surface area contributed by atoms with Crippen LogP contribution in [0.4, 0.5) is 0 Å². The number of hydrazine groups is 1. The molecule has 0 bridgehead atoms. The smallest absolute Gasteiger partial charge is 0.0515 e. The molecule has 110 valence electrons. The van der Waals surface area contributed by atoms with Crippen LogP contribution in [-0.4, -0.2) is 24.6 Å². The molecule has 0 spiro atoms. The fraction of sp³-hybridized carbons (Fsp3) is 0.353. The van der Waals surface area contributed by atoms with E-state index in [0.717, 1.165) is 31.7 Å². The summed E-state index contributed by atoms with van der Waals surface area (Å²) in [6.45, 7) is 2.97. The first-order chi connectivity index (χ1) is 10.4. The van der Waals surface area contributed by atoms with Crippen molar-refractivity contribution in [2.45, 2.75) is 12.5 Å². The first kappa shape index (κ1) is 14.2. The molecular weight excluding hydrogens is 260 g/mol. The van der Waals surface area contributed by atoms with Crippen LogP contribution in [0.5, 0.6) is 0 Å². The maximum absolute atomic E-state index is 4.35. The third-order valence-corrected chi connectivity index (χ3v) is 3.94. The molecule has 2 heterocycles. The number of rotatable bonds is 6. The molecule has 1 fully saturated rings. The lowest BCUT2D eigenvalue weighted by molar-refractivity contribution is 0.443. The first-order valence-corrected chi connectivity index (χ1v) is 7.57. The predicted molar refractivity (Wildman–Crippen MR) is 84.6 cm³/mol. The van der Waals surface area contributed by atoms with Gasteiger partial charge in [0.15, 0.2) is 0 Å². The Kier molecular flexibility index (Phi) is 4.94. The van der Waals surface area contributed by atoms with Gasteiger partial charge >= 0.3 is 0 Å². The number of aromatic nitrogens is 1. The summed E-state index contributed by atoms with van der Waals surface area (Å²) in [5.74, 6) is 0.566. The van der Waals surface area contributed by atoms with Crippen LogP contribution in [0, 0.1) is 5.92 Å². The van der Waals surface area contributed by atoms with Gasteiger partial charge in [0.2, 0.25) is 0 Å². The van der Waals surface area contributed by atoms with Crippen LogP contribution in [0.15, 0.2) is 54.7 Å². The van der Waals surface area contributed by atoms with E-state index in [9.17, 15) is 0 Å². The van der Waals surface area contributed by atoms with E-state index in [-0.39, 0.29) is 0 Å². The molecule has 1 aromatic carbocycles. The van der Waals surface area contributed by atoms with Crippen LogP contribution >= 0.6 is 0 Å². The number of hydrogen-bond acceptors (Lipinski definition) is 4. The third-order valence-electron chi connectivity index (χ3n) is 3.94. The quantitative estimate of drug-likeness (QED) is 0.706. The Morgan fingerprint density at radius 3 is 2.76 bits per heavy atom. The lowest BCUT2D eigenvalue weighted by Gasteiger charge is -2.19. The minimum Gasteiger partial charge on any atom is -0.316 e. The maximum Gasteiger partial charge on any atom is 0.0515 e. The molecule has 4 heteroatoms. The molecule has 3 N–H and O–H groups in total. The number of nitrogens with one attached hydrogen (secondary N) is 3. The minimum absolute atomic E-state index is 0.383. The van der Waals surface area contributed by atoms with Crippen molar-refractivity contribution in [3.8, 4) is 0 Å². The van der Waals surface area contributed by atoms with Gasteiger partial charge in [-0.05, 0) is 17.7 Å². The van der Waals surface area contributed by atoms with Crippen LogP contribution in [0.25, 0.3) is 0 Å². The molecule has 3 rings (SSSR count). The van der Waals surface area contributed by atoms with Crippen LogP contribution in [0.1, 0.15) is 17.3 Å². The van der Waals surface area contributed by atoms with E-state index in [1.54, 1.807) is 0 Å². The summed E-state index contributed by atoms with van der Waals surface area (Å²) in [6, 6.07) is 17.1. The van der Waals surface area contributed by atoms with Gasteiger partial charge in [0.05, 0.1) is 6.04 Å². The highest BCUT2D eigenvalue weighted by molar-refractivity contribution is 5.20. The van der Waals surface area contributed by atoms with Crippen molar-refractivity contribution in [2.75, 3.05) is 19.6 Å². The van der Waals surface area contributed by atoms with Crippen molar-refractivity contribution >= 4 is 0 Å². The number of pyridine rings is 1. The van der Waals surface area contributed by atoms with Crippen LogP contribution in [-0.2, 0) is 6.42 Å². The molecule has 0 saturated carbocycles. The van der Waals surface area contributed by atoms with Gasteiger partial charge in [-0.2, -0.15) is 0 Å². The highest BCUT2D eigenvalue weighted by Gasteiger charge is 2.27. The van der Waals surface area contributed by atoms with Gasteiger partial charge in [-0.1, -0.05) is 36.4 Å². The Bertz CT molecular complexity index is 529. The molecule has 1 aromatic heterocycles. The van der Waals surface area contributed by atoms with Crippen LogP contribution < -0.4 is 16.2 Å². The lowest BCUT2D eigenvalue weighted by atomic mass is 9.95. The van der Waals surface area contributed by atoms with Gasteiger partial charge < -0.3 is 5.32 Å². The van der Waals surface area contributed by atoms with E-state index in [0.29, 0.717) is 12.0 Å². The topological polar surface area (TPSA) is 49.0 Å². The van der Waals surface area contributed by atoms with Gasteiger partial charge in [0, 0.05) is 43.9 Å². The molecule has 4 nitrogen and oxygen atoms in total. The van der Waals surface area contributed by atoms with Gasteiger partial charge in [0.25, 0.3) is 0 Å². The average Bonchev–Trinajstić information content (AvgIpc) is 3.02. The minimum atomic E-state index is 0.383. The second kappa shape index (κ2) is 7.31. The molecule has 2 atom stereocenters. The normalized spacial score (nSPS) is 21.5. The monoisotopic (exact) mass is 282 g/mol. The van der Waals surface area contributed by atoms with E-state index in [4.69, 9.17) is 0 Å². The van der Waals surface area contributed by atoms with E-state index < -0.39 is 0 Å². The standard InChI is InChI=1S/C17H22N4/c1-2-6-14(7-3-1)17-15(13-20-21-17)12-18-11-9-16-8-4-5-10-19-16/h1-8,10,15,17-18,20-21H,9,11-13H2. The van der Waals surface area contributed by atoms with Crippen molar-refractivity contribution < 1.29 is 0 Å². The molecule has 0 amide bonds. The number of nitrogens with zero attached hydrogens (tertiary/aromatic N) is 1. The van der Waals surface area contributed by atoms with Crippen molar-refractivity contribution in [1.29, 1.82) is 0 Å². The van der Waals surface area contributed by atoms with E-state index >= 15 is 0 Å². The zero-order valence-corrected chi connectivity index (χ0v) is 12.1. The summed E-state index contributed by atoms with van der Waals surface area (Å²) >= 11 is 0. The van der Waals surface area contributed by atoms with E-state index in [1.807, 2.05) is 18.3 Å². The van der Waals surface area contributed by atoms with Gasteiger partial charge in [0.1, 0.15) is 0 Å². The van der Waals surface area contributed by atoms with Crippen molar-refractivity contribution in [2.24, 2.45) is 5.92 Å². The Morgan fingerprint density at radius 2 is 1.95 bits per heavy atom. The summed E-state index contributed by atoms with van der Waals surface area (Å²) in [6.07, 6.45) is 2.83. The molecule has 1 aliphatic rings. The molecular formula is C17H22N4. The van der Waals surface area contributed by atoms with Crippen LogP contribution in [0.3, 0.4) is 0 Å². The zero-order chi connectivity index (χ0) is 14.3. The summed E-state index contributed by atoms with van der Waals surface area (Å²) < 4.78 is 0. The molecule has 2 aromatic rings. The zero-order valence-electron chi connectivity index (χ0n) is 12.1. The highest BCUT2D eigenvalue weighted by atomic mass is 15.4. The Morgan fingerprint density at radius 1 is 1.10 bits per heavy atom. The summed E-state index contributed by atoms with van der Waals surface area (Å²) in [7, 11) is 0. The van der Waals surface area contributed by atoms with Crippen molar-refractivity contribution in [3.63, 3.8) is 0 Å². The van der Waals surface area contributed by atoms with Crippen molar-refractivity contribution in [1.82, 2.24) is 21.2 Å². The molecule has 1 saturated heterocycles. The van der Waals surface area contributed by atoms with Gasteiger partial charge in [-0.25, -0.2) is 5.43 Å². The molecule has 1 aliphatic heterocycles. The Hall–Kier alpha value is -1.75. The van der Waals surface area contributed by atoms with E-state index in [1.165, 1.54) is 5.56 Å². The third kappa shape index (κ3) is 3.88. The molecule has 2 unspecified atom stereocenters. The summed E-state index contributed by atoms with van der Waals surface area (Å²) in [4.78, 5) is 4.35. The largest absolute Gasteiger partial charge is 0.316 e. The van der Waals surface area contributed by atoms with Gasteiger partial charge in [-0.3, -0.25) is 10.4 Å². The molecule has 0 radical (unpaired) electrons. The Balaban J connectivity index is 1.46. The second-order valence-corrected chi connectivity index (χ2v) is 5.45. The fourth-order valence-electron chi connectivity index (χ4n) is 2.79. The number of hydrogen-bond donors (Lipinski definition) is 3. The highest BCUT2D eigenvalue weighted by Crippen LogP contribution is 2.23. The maximum atomic E-state index is 4.35. The van der Waals surface area contributed by atoms with Gasteiger partial charge in [-0.15, -0.1) is 0 Å². The van der Waals surface area contributed by atoms with Crippen LogP contribution in [0.2, 0.25) is 0 Å². The average molecular weight is 282 g/mol. The predicted octanol–water partition coefficient (Wildman–Crippen LogP) is 1.68.